The fourth-order valence-corrected chi connectivity index (χ4v) is 2.85. The van der Waals surface area contributed by atoms with E-state index in [9.17, 15) is 10.1 Å². The van der Waals surface area contributed by atoms with Crippen LogP contribution in [0.4, 0.5) is 5.69 Å². The van der Waals surface area contributed by atoms with E-state index in [-0.39, 0.29) is 11.9 Å². The van der Waals surface area contributed by atoms with Gasteiger partial charge in [-0.2, -0.15) is 10.4 Å². The first kappa shape index (κ1) is 15.0. The lowest BCUT2D eigenvalue weighted by atomic mass is 10.0. The summed E-state index contributed by atoms with van der Waals surface area (Å²) in [6.07, 6.45) is 6.64. The Morgan fingerprint density at radius 2 is 2.13 bits per heavy atom. The minimum atomic E-state index is -0.0949. The normalized spacial score (nSPS) is 15.2. The van der Waals surface area contributed by atoms with Crippen LogP contribution in [0.2, 0.25) is 0 Å². The van der Waals surface area contributed by atoms with Crippen LogP contribution in [-0.2, 0) is 7.05 Å². The van der Waals surface area contributed by atoms with Gasteiger partial charge in [0, 0.05) is 38.6 Å². The van der Waals surface area contributed by atoms with Crippen molar-refractivity contribution >= 4 is 11.6 Å². The molecule has 1 aliphatic heterocycles. The van der Waals surface area contributed by atoms with Gasteiger partial charge in [-0.15, -0.1) is 0 Å². The number of aromatic nitrogens is 3. The summed E-state index contributed by atoms with van der Waals surface area (Å²) in [5, 5.41) is 16.2. The van der Waals surface area contributed by atoms with Crippen LogP contribution in [0.25, 0.3) is 0 Å². The fourth-order valence-electron chi connectivity index (χ4n) is 2.85. The highest BCUT2D eigenvalue weighted by atomic mass is 16.2. The van der Waals surface area contributed by atoms with Crippen LogP contribution in [0, 0.1) is 11.3 Å². The molecule has 0 bridgehead atoms. The smallest absolute Gasteiger partial charge is 0.269 e. The van der Waals surface area contributed by atoms with Crippen molar-refractivity contribution in [3.8, 4) is 6.07 Å². The first-order valence-corrected chi connectivity index (χ1v) is 7.57. The number of carbonyl (C=O) groups is 1. The highest BCUT2D eigenvalue weighted by molar-refractivity contribution is 5.92. The lowest BCUT2D eigenvalue weighted by Crippen LogP contribution is -2.45. The molecule has 2 aromatic rings. The number of piperidine rings is 1. The molecule has 1 fully saturated rings. The van der Waals surface area contributed by atoms with Crippen molar-refractivity contribution in [1.82, 2.24) is 20.1 Å². The Labute approximate surface area is 134 Å². The summed E-state index contributed by atoms with van der Waals surface area (Å²) >= 11 is 0. The monoisotopic (exact) mass is 310 g/mol. The molecule has 1 saturated heterocycles. The highest BCUT2D eigenvalue weighted by Crippen LogP contribution is 2.22. The van der Waals surface area contributed by atoms with Crippen LogP contribution in [-0.4, -0.2) is 39.8 Å². The van der Waals surface area contributed by atoms with Gasteiger partial charge in [-0.05, 0) is 25.0 Å². The van der Waals surface area contributed by atoms with Gasteiger partial charge in [0.25, 0.3) is 5.91 Å². The van der Waals surface area contributed by atoms with Crippen molar-refractivity contribution in [3.05, 3.63) is 42.0 Å². The van der Waals surface area contributed by atoms with Gasteiger partial charge in [0.2, 0.25) is 0 Å². The Bertz CT molecular complexity index is 739. The zero-order chi connectivity index (χ0) is 16.2. The van der Waals surface area contributed by atoms with Gasteiger partial charge in [-0.25, -0.2) is 0 Å². The zero-order valence-corrected chi connectivity index (χ0v) is 12.9. The van der Waals surface area contributed by atoms with Gasteiger partial charge in [0.15, 0.2) is 0 Å². The second kappa shape index (κ2) is 6.48. The van der Waals surface area contributed by atoms with Gasteiger partial charge in [0.1, 0.15) is 11.8 Å². The van der Waals surface area contributed by atoms with Crippen LogP contribution in [0.15, 0.2) is 30.7 Å². The number of anilines is 1. The number of nitriles is 1. The second-order valence-corrected chi connectivity index (χ2v) is 5.58. The molecule has 0 saturated carbocycles. The summed E-state index contributed by atoms with van der Waals surface area (Å²) in [5.41, 5.74) is 2.07. The second-order valence-electron chi connectivity index (χ2n) is 5.58. The van der Waals surface area contributed by atoms with E-state index < -0.39 is 0 Å². The third-order valence-electron chi connectivity index (χ3n) is 4.14. The third-order valence-corrected chi connectivity index (χ3v) is 4.14. The minimum absolute atomic E-state index is 0.0949. The number of amides is 1. The van der Waals surface area contributed by atoms with E-state index in [0.29, 0.717) is 11.3 Å². The minimum Gasteiger partial charge on any atom is -0.369 e. The van der Waals surface area contributed by atoms with Crippen LogP contribution in [0.1, 0.15) is 28.9 Å². The molecule has 0 aromatic carbocycles. The summed E-state index contributed by atoms with van der Waals surface area (Å²) in [5.74, 6) is -0.0949. The largest absolute Gasteiger partial charge is 0.369 e. The average molecular weight is 310 g/mol. The molecule has 0 unspecified atom stereocenters. The summed E-state index contributed by atoms with van der Waals surface area (Å²) in [4.78, 5) is 18.5. The van der Waals surface area contributed by atoms with Crippen molar-refractivity contribution in [2.24, 2.45) is 7.05 Å². The quantitative estimate of drug-likeness (QED) is 0.917. The van der Waals surface area contributed by atoms with E-state index in [0.717, 1.165) is 31.6 Å². The maximum atomic E-state index is 12.2. The van der Waals surface area contributed by atoms with Crippen LogP contribution < -0.4 is 10.2 Å². The van der Waals surface area contributed by atoms with E-state index in [2.05, 4.69) is 26.4 Å². The van der Waals surface area contributed by atoms with Gasteiger partial charge in [-0.1, -0.05) is 0 Å². The van der Waals surface area contributed by atoms with Crippen LogP contribution in [0.3, 0.4) is 0 Å². The Kier molecular flexibility index (Phi) is 4.24. The van der Waals surface area contributed by atoms with Gasteiger partial charge < -0.3 is 10.2 Å². The molecule has 3 rings (SSSR count). The summed E-state index contributed by atoms with van der Waals surface area (Å²) in [7, 11) is 1.75. The number of nitrogens with zero attached hydrogens (tertiary/aromatic N) is 5. The molecule has 23 heavy (non-hydrogen) atoms. The number of hydrogen-bond acceptors (Lipinski definition) is 5. The maximum Gasteiger partial charge on any atom is 0.269 e. The summed E-state index contributed by atoms with van der Waals surface area (Å²) in [6, 6.07) is 5.77. The molecule has 118 valence electrons. The molecule has 1 aliphatic rings. The van der Waals surface area contributed by atoms with Crippen LogP contribution >= 0.6 is 0 Å². The molecule has 0 radical (unpaired) electrons. The standard InChI is InChI=1S/C16H18N6O/c1-21-14(3-7-19-21)16(23)20-13-4-8-22(9-5-13)15-11-18-6-2-12(15)10-17/h2-3,6-7,11,13H,4-5,8-9H2,1H3,(H,20,23). The molecule has 0 atom stereocenters. The predicted molar refractivity (Wildman–Crippen MR) is 84.9 cm³/mol. The molecule has 2 aromatic heterocycles. The van der Waals surface area contributed by atoms with E-state index in [4.69, 9.17) is 0 Å². The molecular weight excluding hydrogens is 292 g/mol. The molecule has 1 amide bonds. The summed E-state index contributed by atoms with van der Waals surface area (Å²) in [6.45, 7) is 1.58. The van der Waals surface area contributed by atoms with Gasteiger partial charge in [-0.3, -0.25) is 14.5 Å². The van der Waals surface area contributed by atoms with E-state index >= 15 is 0 Å². The Balaban J connectivity index is 1.60. The molecular formula is C16H18N6O. The number of pyridine rings is 1. The Morgan fingerprint density at radius 1 is 1.35 bits per heavy atom. The number of nitrogens with one attached hydrogen (secondary N) is 1. The molecule has 7 nitrogen and oxygen atoms in total. The average Bonchev–Trinajstić information content (AvgIpc) is 3.02. The predicted octanol–water partition coefficient (Wildman–Crippen LogP) is 1.09. The molecule has 0 aliphatic carbocycles. The third kappa shape index (κ3) is 3.16. The lowest BCUT2D eigenvalue weighted by molar-refractivity contribution is 0.0921. The fraction of sp³-hybridized carbons (Fsp3) is 0.375. The number of hydrogen-bond donors (Lipinski definition) is 1. The summed E-state index contributed by atoms with van der Waals surface area (Å²) < 4.78 is 1.57. The highest BCUT2D eigenvalue weighted by Gasteiger charge is 2.23. The van der Waals surface area contributed by atoms with Gasteiger partial charge in [0.05, 0.1) is 17.4 Å². The molecule has 1 N–H and O–H groups in total. The van der Waals surface area contributed by atoms with Crippen molar-refractivity contribution in [2.45, 2.75) is 18.9 Å². The van der Waals surface area contributed by atoms with Crippen molar-refractivity contribution in [1.29, 1.82) is 5.26 Å². The molecule has 0 spiro atoms. The Morgan fingerprint density at radius 3 is 2.78 bits per heavy atom. The van der Waals surface area contributed by atoms with E-state index in [1.165, 1.54) is 0 Å². The topological polar surface area (TPSA) is 86.8 Å². The number of rotatable bonds is 3. The van der Waals surface area contributed by atoms with Crippen molar-refractivity contribution in [3.63, 3.8) is 0 Å². The van der Waals surface area contributed by atoms with Crippen molar-refractivity contribution < 1.29 is 4.79 Å². The van der Waals surface area contributed by atoms with Gasteiger partial charge >= 0.3 is 0 Å². The number of aryl methyl sites for hydroxylation is 1. The first-order chi connectivity index (χ1) is 11.2. The van der Waals surface area contributed by atoms with E-state index in [1.54, 1.807) is 42.5 Å². The lowest BCUT2D eigenvalue weighted by Gasteiger charge is -2.34. The van der Waals surface area contributed by atoms with Crippen molar-refractivity contribution in [2.75, 3.05) is 18.0 Å². The Hall–Kier alpha value is -2.88. The first-order valence-electron chi connectivity index (χ1n) is 7.57. The van der Waals surface area contributed by atoms with E-state index in [1.807, 2.05) is 0 Å². The zero-order valence-electron chi connectivity index (χ0n) is 12.9. The maximum absolute atomic E-state index is 12.2. The molecule has 3 heterocycles. The number of carbonyl (C=O) groups excluding carboxylic acids is 1. The van der Waals surface area contributed by atoms with Crippen LogP contribution in [0.5, 0.6) is 0 Å². The molecule has 7 heteroatoms. The SMILES string of the molecule is Cn1nccc1C(=O)NC1CCN(c2cnccc2C#N)CC1.